The lowest BCUT2D eigenvalue weighted by Crippen LogP contribution is -2.04. The van der Waals surface area contributed by atoms with E-state index in [1.54, 1.807) is 23.5 Å². The SMILES string of the molecule is CCn1c(CSc2ccc(C)cc2)nnc1SCCOc1ccc(C)cc1. The van der Waals surface area contributed by atoms with E-state index in [1.807, 2.05) is 12.1 Å². The second kappa shape index (κ2) is 9.85. The standard InChI is InChI=1S/C21H25N3OS2/c1-4-24-20(15-27-19-11-7-17(3)8-12-19)22-23-21(24)26-14-13-25-18-9-5-16(2)6-10-18/h5-12H,4,13-15H2,1-3H3. The zero-order valence-electron chi connectivity index (χ0n) is 16.0. The van der Waals surface area contributed by atoms with Crippen LogP contribution in [0, 0.1) is 13.8 Å². The number of benzene rings is 2. The number of hydrogen-bond donors (Lipinski definition) is 0. The van der Waals surface area contributed by atoms with E-state index in [-0.39, 0.29) is 0 Å². The predicted octanol–water partition coefficient (Wildman–Crippen LogP) is 5.38. The molecule has 0 spiro atoms. The van der Waals surface area contributed by atoms with Gasteiger partial charge in [-0.1, -0.05) is 47.2 Å². The van der Waals surface area contributed by atoms with Crippen molar-refractivity contribution in [3.63, 3.8) is 0 Å². The van der Waals surface area contributed by atoms with Gasteiger partial charge in [-0.05, 0) is 45.0 Å². The Morgan fingerprint density at radius 2 is 1.56 bits per heavy atom. The minimum absolute atomic E-state index is 0.651. The van der Waals surface area contributed by atoms with Crippen LogP contribution in [0.2, 0.25) is 0 Å². The molecule has 0 atom stereocenters. The number of rotatable bonds is 9. The fraction of sp³-hybridized carbons (Fsp3) is 0.333. The average molecular weight is 400 g/mol. The molecule has 0 saturated carbocycles. The summed E-state index contributed by atoms with van der Waals surface area (Å²) in [5, 5.41) is 9.74. The Balaban J connectivity index is 1.50. The highest BCUT2D eigenvalue weighted by molar-refractivity contribution is 7.99. The molecule has 0 saturated heterocycles. The normalized spacial score (nSPS) is 10.9. The van der Waals surface area contributed by atoms with Gasteiger partial charge in [0.25, 0.3) is 0 Å². The van der Waals surface area contributed by atoms with Crippen molar-refractivity contribution in [1.29, 1.82) is 0 Å². The predicted molar refractivity (Wildman–Crippen MR) is 114 cm³/mol. The molecule has 6 heteroatoms. The van der Waals surface area contributed by atoms with Crippen LogP contribution in [0.1, 0.15) is 23.9 Å². The second-order valence-corrected chi connectivity index (χ2v) is 8.37. The molecule has 3 rings (SSSR count). The van der Waals surface area contributed by atoms with Gasteiger partial charge in [0, 0.05) is 17.2 Å². The molecule has 0 aliphatic heterocycles. The van der Waals surface area contributed by atoms with E-state index in [2.05, 4.69) is 71.9 Å². The summed E-state index contributed by atoms with van der Waals surface area (Å²) in [4.78, 5) is 1.26. The monoisotopic (exact) mass is 399 g/mol. The molecule has 27 heavy (non-hydrogen) atoms. The summed E-state index contributed by atoms with van der Waals surface area (Å²) in [7, 11) is 0. The average Bonchev–Trinajstić information content (AvgIpc) is 3.08. The molecule has 4 nitrogen and oxygen atoms in total. The first-order valence-electron chi connectivity index (χ1n) is 9.09. The number of aryl methyl sites for hydroxylation is 2. The van der Waals surface area contributed by atoms with E-state index in [9.17, 15) is 0 Å². The van der Waals surface area contributed by atoms with Gasteiger partial charge in [-0.15, -0.1) is 22.0 Å². The van der Waals surface area contributed by atoms with Gasteiger partial charge < -0.3 is 9.30 Å². The minimum atomic E-state index is 0.651. The van der Waals surface area contributed by atoms with Gasteiger partial charge in [-0.25, -0.2) is 0 Å². The largest absolute Gasteiger partial charge is 0.493 e. The number of thioether (sulfide) groups is 2. The molecule has 2 aromatic carbocycles. The molecule has 142 valence electrons. The van der Waals surface area contributed by atoms with Crippen LogP contribution in [-0.4, -0.2) is 27.1 Å². The first kappa shape index (κ1) is 19.8. The quantitative estimate of drug-likeness (QED) is 0.357. The van der Waals surface area contributed by atoms with E-state index >= 15 is 0 Å². The first-order chi connectivity index (χ1) is 13.2. The lowest BCUT2D eigenvalue weighted by atomic mass is 10.2. The summed E-state index contributed by atoms with van der Waals surface area (Å²) in [6.07, 6.45) is 0. The van der Waals surface area contributed by atoms with Crippen molar-refractivity contribution >= 4 is 23.5 Å². The molecule has 1 heterocycles. The van der Waals surface area contributed by atoms with Crippen molar-refractivity contribution in [2.45, 2.75) is 43.1 Å². The molecule has 3 aromatic rings. The van der Waals surface area contributed by atoms with Crippen molar-refractivity contribution in [3.05, 3.63) is 65.5 Å². The Morgan fingerprint density at radius 1 is 0.889 bits per heavy atom. The fourth-order valence-corrected chi connectivity index (χ4v) is 4.24. The van der Waals surface area contributed by atoms with Gasteiger partial charge in [0.1, 0.15) is 11.6 Å². The minimum Gasteiger partial charge on any atom is -0.493 e. The Bertz CT molecular complexity index is 845. The van der Waals surface area contributed by atoms with Crippen LogP contribution in [0.15, 0.2) is 58.6 Å². The zero-order chi connectivity index (χ0) is 19.1. The van der Waals surface area contributed by atoms with Gasteiger partial charge in [-0.3, -0.25) is 0 Å². The van der Waals surface area contributed by atoms with Crippen LogP contribution in [0.4, 0.5) is 0 Å². The van der Waals surface area contributed by atoms with Crippen LogP contribution < -0.4 is 4.74 Å². The summed E-state index contributed by atoms with van der Waals surface area (Å²) < 4.78 is 7.99. The second-order valence-electron chi connectivity index (χ2n) is 6.25. The Labute approximate surface area is 169 Å². The summed E-state index contributed by atoms with van der Waals surface area (Å²) in [6, 6.07) is 16.7. The topological polar surface area (TPSA) is 39.9 Å². The number of ether oxygens (including phenoxy) is 1. The molecule has 0 unspecified atom stereocenters. The lowest BCUT2D eigenvalue weighted by molar-refractivity contribution is 0.343. The highest BCUT2D eigenvalue weighted by atomic mass is 32.2. The van der Waals surface area contributed by atoms with Gasteiger partial charge >= 0.3 is 0 Å². The number of aromatic nitrogens is 3. The fourth-order valence-electron chi connectivity index (χ4n) is 2.56. The smallest absolute Gasteiger partial charge is 0.191 e. The summed E-state index contributed by atoms with van der Waals surface area (Å²) in [6.45, 7) is 7.84. The Kier molecular flexibility index (Phi) is 7.24. The third-order valence-corrected chi connectivity index (χ3v) is 6.04. The molecule has 0 aliphatic rings. The molecule has 1 aromatic heterocycles. The van der Waals surface area contributed by atoms with Crippen molar-refractivity contribution in [1.82, 2.24) is 14.8 Å². The Hall–Kier alpha value is -1.92. The van der Waals surface area contributed by atoms with E-state index in [1.165, 1.54) is 16.0 Å². The molecule has 0 amide bonds. The summed E-state index contributed by atoms with van der Waals surface area (Å²) in [5.41, 5.74) is 2.52. The first-order valence-corrected chi connectivity index (χ1v) is 11.1. The highest BCUT2D eigenvalue weighted by Crippen LogP contribution is 2.25. The molecular weight excluding hydrogens is 374 g/mol. The Morgan fingerprint density at radius 3 is 2.22 bits per heavy atom. The van der Waals surface area contributed by atoms with Crippen LogP contribution in [0.5, 0.6) is 5.75 Å². The van der Waals surface area contributed by atoms with Crippen molar-refractivity contribution < 1.29 is 4.74 Å². The lowest BCUT2D eigenvalue weighted by Gasteiger charge is -2.08. The van der Waals surface area contributed by atoms with Gasteiger partial charge in [0.2, 0.25) is 0 Å². The van der Waals surface area contributed by atoms with Crippen molar-refractivity contribution in [3.8, 4) is 5.75 Å². The van der Waals surface area contributed by atoms with Crippen molar-refractivity contribution in [2.75, 3.05) is 12.4 Å². The maximum atomic E-state index is 5.80. The molecule has 0 N–H and O–H groups in total. The van der Waals surface area contributed by atoms with E-state index < -0.39 is 0 Å². The zero-order valence-corrected chi connectivity index (χ0v) is 17.6. The van der Waals surface area contributed by atoms with Crippen LogP contribution in [0.25, 0.3) is 0 Å². The maximum Gasteiger partial charge on any atom is 0.191 e. The molecule has 0 aliphatic carbocycles. The van der Waals surface area contributed by atoms with E-state index in [0.717, 1.165) is 34.8 Å². The van der Waals surface area contributed by atoms with Crippen LogP contribution in [0.3, 0.4) is 0 Å². The molecule has 0 bridgehead atoms. The summed E-state index contributed by atoms with van der Waals surface area (Å²) >= 11 is 3.49. The molecular formula is C21H25N3OS2. The third kappa shape index (κ3) is 5.78. The van der Waals surface area contributed by atoms with Gasteiger partial charge in [0.15, 0.2) is 5.16 Å². The van der Waals surface area contributed by atoms with Crippen molar-refractivity contribution in [2.24, 2.45) is 0 Å². The van der Waals surface area contributed by atoms with Gasteiger partial charge in [-0.2, -0.15) is 0 Å². The molecule has 0 fully saturated rings. The summed E-state index contributed by atoms with van der Waals surface area (Å²) in [5.74, 6) is 3.60. The van der Waals surface area contributed by atoms with Crippen LogP contribution >= 0.6 is 23.5 Å². The highest BCUT2D eigenvalue weighted by Gasteiger charge is 2.11. The third-order valence-electron chi connectivity index (χ3n) is 4.10. The van der Waals surface area contributed by atoms with Gasteiger partial charge in [0.05, 0.1) is 12.4 Å². The molecule has 0 radical (unpaired) electrons. The van der Waals surface area contributed by atoms with Crippen LogP contribution in [-0.2, 0) is 12.3 Å². The van der Waals surface area contributed by atoms with E-state index in [4.69, 9.17) is 4.74 Å². The number of hydrogen-bond acceptors (Lipinski definition) is 5. The van der Waals surface area contributed by atoms with E-state index in [0.29, 0.717) is 6.61 Å². The number of nitrogens with zero attached hydrogens (tertiary/aromatic N) is 3. The maximum absolute atomic E-state index is 5.80.